The van der Waals surface area contributed by atoms with Crippen LogP contribution < -0.4 is 0 Å². The van der Waals surface area contributed by atoms with Crippen LogP contribution in [0.15, 0.2) is 119 Å². The molecule has 5 nitrogen and oxygen atoms in total. The van der Waals surface area contributed by atoms with Crippen molar-refractivity contribution in [1.29, 1.82) is 15.8 Å². The number of thiophene rings is 6. The minimum atomic E-state index is -0.166. The van der Waals surface area contributed by atoms with Gasteiger partial charge in [0.25, 0.3) is 0 Å². The SMILES string of the molecule is C#C/C(C#N)=C1/C(=C/c2cc(CCCCCC)c(-c3cc4c(-c5ccc(CC(CC)CCCC)s5)c5sc(-c6sc(/C=C7\C(=O)c8ccccc8C7=C(C#N)C#N)cc6CCCCCC)cc5c(-c5ccc(CC(CC)CCCC)s5)c4s3)s2)C(=O)c2ccccc21. The third-order valence-electron chi connectivity index (χ3n) is 18.5. The van der Waals surface area contributed by atoms with Crippen molar-refractivity contribution in [2.75, 3.05) is 0 Å². The zero-order valence-corrected chi connectivity index (χ0v) is 58.8. The molecule has 466 valence electrons. The maximum Gasteiger partial charge on any atom is 0.194 e. The van der Waals surface area contributed by atoms with Crippen LogP contribution in [0.4, 0.5) is 0 Å². The van der Waals surface area contributed by atoms with Crippen LogP contribution in [0.3, 0.4) is 0 Å². The maximum atomic E-state index is 14.4. The van der Waals surface area contributed by atoms with Gasteiger partial charge < -0.3 is 0 Å². The molecule has 0 fully saturated rings. The van der Waals surface area contributed by atoms with Crippen molar-refractivity contribution < 1.29 is 9.59 Å². The molecular formula is C81H79N3O2S6. The number of carbonyl (C=O) groups is 2. The van der Waals surface area contributed by atoms with Crippen molar-refractivity contribution in [2.24, 2.45) is 11.8 Å². The Morgan fingerprint density at radius 2 is 0.880 bits per heavy atom. The number of aryl methyl sites for hydroxylation is 2. The molecular weight excluding hydrogens is 1240 g/mol. The first-order chi connectivity index (χ1) is 45.0. The molecule has 0 saturated carbocycles. The fraction of sp³-hybridized carbons (Fsp3) is 0.346. The topological polar surface area (TPSA) is 106 Å². The molecule has 2 atom stereocenters. The Bertz CT molecular complexity index is 4180. The zero-order chi connectivity index (χ0) is 64.4. The molecule has 0 bridgehead atoms. The van der Waals surface area contributed by atoms with Crippen molar-refractivity contribution in [3.05, 3.63) is 172 Å². The number of terminal acetylenes is 1. The second kappa shape index (κ2) is 30.6. The highest BCUT2D eigenvalue weighted by molar-refractivity contribution is 7.29. The lowest BCUT2D eigenvalue weighted by Gasteiger charge is -2.13. The van der Waals surface area contributed by atoms with E-state index in [0.717, 1.165) is 93.2 Å². The van der Waals surface area contributed by atoms with E-state index < -0.39 is 0 Å². The summed E-state index contributed by atoms with van der Waals surface area (Å²) in [6, 6.07) is 40.5. The Balaban J connectivity index is 1.16. The summed E-state index contributed by atoms with van der Waals surface area (Å²) in [6.07, 6.45) is 32.4. The van der Waals surface area contributed by atoms with E-state index in [1.165, 1.54) is 126 Å². The van der Waals surface area contributed by atoms with Gasteiger partial charge in [-0.25, -0.2) is 0 Å². The van der Waals surface area contributed by atoms with Gasteiger partial charge in [-0.1, -0.05) is 186 Å². The quantitative estimate of drug-likeness (QED) is 0.0210. The number of Topliss-reactive ketones (excluding diaryl/α,β-unsaturated/α-hetero) is 2. The number of allylic oxidation sites excluding steroid dienone is 6. The highest BCUT2D eigenvalue weighted by Crippen LogP contribution is 2.56. The van der Waals surface area contributed by atoms with E-state index in [1.54, 1.807) is 28.7 Å². The first kappa shape index (κ1) is 66.2. The summed E-state index contributed by atoms with van der Waals surface area (Å²) in [6.45, 7) is 13.8. The third kappa shape index (κ3) is 13.7. The summed E-state index contributed by atoms with van der Waals surface area (Å²) in [4.78, 5) is 40.9. The smallest absolute Gasteiger partial charge is 0.194 e. The molecule has 92 heavy (non-hydrogen) atoms. The number of benzene rings is 3. The van der Waals surface area contributed by atoms with Crippen LogP contribution in [0.25, 0.3) is 83.9 Å². The van der Waals surface area contributed by atoms with E-state index in [-0.39, 0.29) is 22.7 Å². The van der Waals surface area contributed by atoms with Crippen LogP contribution in [-0.4, -0.2) is 11.6 Å². The first-order valence-electron chi connectivity index (χ1n) is 33.4. The molecule has 2 aliphatic rings. The number of ketones is 2. The second-order valence-electron chi connectivity index (χ2n) is 24.7. The minimum Gasteiger partial charge on any atom is -0.289 e. The van der Waals surface area contributed by atoms with E-state index in [1.807, 2.05) is 100.0 Å². The van der Waals surface area contributed by atoms with Gasteiger partial charge in [-0.05, 0) is 133 Å². The standard InChI is InChI=1S/C81H79N3O2S6/c1-8-15-19-21-29-53-41-58(43-64-72(52(14-7)47-82)60-31-23-25-33-62(60)76(64)85)89-78(53)70-45-66-74(68-37-35-56(87-68)39-50(12-5)27-17-10-3)81-67(75(80(66)91-70)69-38-36-57(88-69)40-51(13-6)28-18-11-4)46-71(92-81)79-54(30-22-20-16-9-2)42-59(90-79)44-65-73(55(48-83)49-84)61-32-24-26-34-63(61)77(65)86/h7,23-26,31-38,41-46,50-51H,8-13,15-22,27-30,39-40H2,1-6H3/b64-43-,65-44-,72-52-. The summed E-state index contributed by atoms with van der Waals surface area (Å²) < 4.78 is 2.54. The van der Waals surface area contributed by atoms with Crippen LogP contribution in [-0.2, 0) is 25.7 Å². The Morgan fingerprint density at radius 3 is 1.27 bits per heavy atom. The predicted molar refractivity (Wildman–Crippen MR) is 397 cm³/mol. The van der Waals surface area contributed by atoms with E-state index in [9.17, 15) is 25.4 Å². The molecule has 0 spiro atoms. The summed E-state index contributed by atoms with van der Waals surface area (Å²) in [7, 11) is 0. The number of nitriles is 3. The van der Waals surface area contributed by atoms with Gasteiger partial charge in [-0.2, -0.15) is 15.8 Å². The summed E-state index contributed by atoms with van der Waals surface area (Å²) in [5.74, 6) is 3.57. The Kier molecular flexibility index (Phi) is 22.0. The molecule has 6 heterocycles. The molecule has 0 N–H and O–H groups in total. The van der Waals surface area contributed by atoms with Crippen LogP contribution in [0.1, 0.15) is 207 Å². The number of nitrogens with zero attached hydrogens (tertiary/aromatic N) is 3. The zero-order valence-electron chi connectivity index (χ0n) is 53.9. The number of fused-ring (bicyclic) bond motifs is 4. The lowest BCUT2D eigenvalue weighted by Crippen LogP contribution is -2.01. The summed E-state index contributed by atoms with van der Waals surface area (Å²) in [5.41, 5.74) is 9.40. The van der Waals surface area contributed by atoms with Gasteiger partial charge >= 0.3 is 0 Å². The monoisotopic (exact) mass is 1320 g/mol. The van der Waals surface area contributed by atoms with E-state index in [0.29, 0.717) is 56.4 Å². The van der Waals surface area contributed by atoms with E-state index >= 15 is 0 Å². The van der Waals surface area contributed by atoms with Crippen LogP contribution in [0, 0.1) is 58.2 Å². The van der Waals surface area contributed by atoms with E-state index in [2.05, 4.69) is 114 Å². The van der Waals surface area contributed by atoms with E-state index in [4.69, 9.17) is 6.42 Å². The van der Waals surface area contributed by atoms with Crippen LogP contribution in [0.2, 0.25) is 0 Å². The second-order valence-corrected chi connectivity index (χ2v) is 31.3. The van der Waals surface area contributed by atoms with Crippen LogP contribution >= 0.6 is 68.0 Å². The number of hydrogen-bond acceptors (Lipinski definition) is 11. The van der Waals surface area contributed by atoms with Gasteiger partial charge in [-0.15, -0.1) is 74.4 Å². The van der Waals surface area contributed by atoms with Gasteiger partial charge in [0.1, 0.15) is 29.4 Å². The molecule has 2 aliphatic carbocycles. The largest absolute Gasteiger partial charge is 0.289 e. The molecule has 9 aromatic rings. The molecule has 0 saturated heterocycles. The Labute approximate surface area is 568 Å². The normalized spacial score (nSPS) is 14.9. The third-order valence-corrected chi connectivity index (χ3v) is 25.7. The van der Waals surface area contributed by atoms with Crippen molar-refractivity contribution >= 4 is 123 Å². The molecule has 0 aliphatic heterocycles. The lowest BCUT2D eigenvalue weighted by atomic mass is 9.95. The van der Waals surface area contributed by atoms with Crippen molar-refractivity contribution in [3.8, 4) is 70.9 Å². The summed E-state index contributed by atoms with van der Waals surface area (Å²) >= 11 is 11.2. The molecule has 11 rings (SSSR count). The fourth-order valence-corrected chi connectivity index (χ4v) is 21.1. The molecule has 3 aromatic carbocycles. The van der Waals surface area contributed by atoms with Gasteiger partial charge in [0.2, 0.25) is 0 Å². The highest BCUT2D eigenvalue weighted by atomic mass is 32.1. The van der Waals surface area contributed by atoms with Crippen LogP contribution in [0.5, 0.6) is 0 Å². The number of carbonyl (C=O) groups excluding carboxylic acids is 2. The van der Waals surface area contributed by atoms with Gasteiger partial charge in [-0.3, -0.25) is 9.59 Å². The van der Waals surface area contributed by atoms with Gasteiger partial charge in [0.05, 0.1) is 0 Å². The average molecular weight is 1320 g/mol. The van der Waals surface area contributed by atoms with Crippen molar-refractivity contribution in [3.63, 3.8) is 0 Å². The molecule has 2 unspecified atom stereocenters. The average Bonchev–Trinajstić information content (AvgIpc) is 1.56. The van der Waals surface area contributed by atoms with Crippen molar-refractivity contribution in [1.82, 2.24) is 0 Å². The molecule has 11 heteroatoms. The lowest BCUT2D eigenvalue weighted by molar-refractivity contribution is 0.103. The van der Waals surface area contributed by atoms with Crippen molar-refractivity contribution in [2.45, 2.75) is 170 Å². The summed E-state index contributed by atoms with van der Waals surface area (Å²) in [5, 5.41) is 33.4. The molecule has 6 aromatic heterocycles. The Morgan fingerprint density at radius 1 is 0.467 bits per heavy atom. The number of rotatable bonds is 28. The number of unbranched alkanes of at least 4 members (excludes halogenated alkanes) is 8. The number of hydrogen-bond donors (Lipinski definition) is 0. The molecule has 0 amide bonds. The molecule has 0 radical (unpaired) electrons. The highest BCUT2D eigenvalue weighted by Gasteiger charge is 2.35. The minimum absolute atomic E-state index is 0.0567. The maximum absolute atomic E-state index is 14.4. The van der Waals surface area contributed by atoms with Gasteiger partial charge in [0, 0.05) is 113 Å². The Hall–Kier alpha value is -7.29. The first-order valence-corrected chi connectivity index (χ1v) is 38.3. The predicted octanol–water partition coefficient (Wildman–Crippen LogP) is 25.1. The van der Waals surface area contributed by atoms with Gasteiger partial charge in [0.15, 0.2) is 11.6 Å². The fourth-order valence-electron chi connectivity index (χ4n) is 13.5.